The van der Waals surface area contributed by atoms with Crippen molar-refractivity contribution in [2.24, 2.45) is 0 Å². The first-order valence-electron chi connectivity index (χ1n) is 5.82. The van der Waals surface area contributed by atoms with Gasteiger partial charge >= 0.3 is 5.97 Å². The number of carbonyl (C=O) groups excluding carboxylic acids is 1. The lowest BCUT2D eigenvalue weighted by Crippen LogP contribution is -2.01. The Bertz CT molecular complexity index is 524. The van der Waals surface area contributed by atoms with E-state index in [0.29, 0.717) is 23.4 Å². The number of ether oxygens (including phenoxy) is 1. The van der Waals surface area contributed by atoms with Crippen molar-refractivity contribution in [1.82, 2.24) is 0 Å². The van der Waals surface area contributed by atoms with Gasteiger partial charge in [0.25, 0.3) is 5.69 Å². The van der Waals surface area contributed by atoms with Gasteiger partial charge in [0.15, 0.2) is 0 Å². The predicted octanol–water partition coefficient (Wildman–Crippen LogP) is 2.45. The van der Waals surface area contributed by atoms with Gasteiger partial charge in [-0.3, -0.25) is 14.9 Å². The molecule has 0 unspecified atom stereocenters. The molecule has 0 spiro atoms. The fraction of sp³-hybridized carbons (Fsp3) is 0.308. The molecular formula is C13H16N2O4. The highest BCUT2D eigenvalue weighted by molar-refractivity contribution is 5.75. The molecule has 0 radical (unpaired) electrons. The minimum absolute atomic E-state index is 0.0138. The Kier molecular flexibility index (Phi) is 5.05. The standard InChI is InChI=1S/C13H16N2O4/c1-3-19-13(16)6-4-5-10-7-9(2)12(15(17)18)8-11(10)14/h4-5,7-8H,3,6,14H2,1-2H3. The van der Waals surface area contributed by atoms with E-state index in [-0.39, 0.29) is 18.1 Å². The molecule has 1 aromatic carbocycles. The van der Waals surface area contributed by atoms with E-state index in [9.17, 15) is 14.9 Å². The number of anilines is 1. The number of esters is 1. The van der Waals surface area contributed by atoms with Gasteiger partial charge in [0.2, 0.25) is 0 Å². The number of benzene rings is 1. The summed E-state index contributed by atoms with van der Waals surface area (Å²) in [7, 11) is 0. The first-order chi connectivity index (χ1) is 8.95. The van der Waals surface area contributed by atoms with E-state index < -0.39 is 4.92 Å². The van der Waals surface area contributed by atoms with Gasteiger partial charge in [0.1, 0.15) is 0 Å². The molecule has 0 heterocycles. The molecule has 0 bridgehead atoms. The topological polar surface area (TPSA) is 95.5 Å². The number of hydrogen-bond acceptors (Lipinski definition) is 5. The van der Waals surface area contributed by atoms with Crippen LogP contribution >= 0.6 is 0 Å². The van der Waals surface area contributed by atoms with Crippen molar-refractivity contribution in [2.75, 3.05) is 12.3 Å². The maximum atomic E-state index is 11.1. The highest BCUT2D eigenvalue weighted by atomic mass is 16.6. The molecule has 2 N–H and O–H groups in total. The minimum Gasteiger partial charge on any atom is -0.466 e. The first-order valence-corrected chi connectivity index (χ1v) is 5.82. The monoisotopic (exact) mass is 264 g/mol. The normalized spacial score (nSPS) is 10.6. The number of nitrogens with two attached hydrogens (primary N) is 1. The molecule has 1 rings (SSSR count). The van der Waals surface area contributed by atoms with Crippen LogP contribution in [0, 0.1) is 17.0 Å². The first kappa shape index (κ1) is 14.7. The molecule has 0 saturated heterocycles. The van der Waals surface area contributed by atoms with Gasteiger partial charge in [-0.2, -0.15) is 0 Å². The van der Waals surface area contributed by atoms with Crippen LogP contribution in [0.3, 0.4) is 0 Å². The molecule has 1 aromatic rings. The maximum absolute atomic E-state index is 11.1. The Morgan fingerprint density at radius 1 is 1.53 bits per heavy atom. The molecule has 0 aliphatic rings. The van der Waals surface area contributed by atoms with Crippen molar-refractivity contribution < 1.29 is 14.5 Å². The zero-order chi connectivity index (χ0) is 14.4. The van der Waals surface area contributed by atoms with Crippen LogP contribution in [0.1, 0.15) is 24.5 Å². The van der Waals surface area contributed by atoms with Crippen molar-refractivity contribution in [3.05, 3.63) is 39.4 Å². The van der Waals surface area contributed by atoms with Crippen molar-refractivity contribution in [2.45, 2.75) is 20.3 Å². The fourth-order valence-corrected chi connectivity index (χ4v) is 1.58. The second kappa shape index (κ2) is 6.53. The number of rotatable bonds is 5. The van der Waals surface area contributed by atoms with E-state index in [2.05, 4.69) is 0 Å². The summed E-state index contributed by atoms with van der Waals surface area (Å²) in [4.78, 5) is 21.4. The Morgan fingerprint density at radius 2 is 2.21 bits per heavy atom. The number of aryl methyl sites for hydroxylation is 1. The zero-order valence-electron chi connectivity index (χ0n) is 10.9. The smallest absolute Gasteiger partial charge is 0.309 e. The average molecular weight is 264 g/mol. The van der Waals surface area contributed by atoms with Gasteiger partial charge < -0.3 is 10.5 Å². The van der Waals surface area contributed by atoms with Crippen LogP contribution in [0.25, 0.3) is 6.08 Å². The lowest BCUT2D eigenvalue weighted by atomic mass is 10.1. The van der Waals surface area contributed by atoms with Gasteiger partial charge in [0.05, 0.1) is 18.0 Å². The highest BCUT2D eigenvalue weighted by Gasteiger charge is 2.12. The van der Waals surface area contributed by atoms with Gasteiger partial charge in [-0.25, -0.2) is 0 Å². The molecule has 0 aromatic heterocycles. The van der Waals surface area contributed by atoms with Crippen LogP contribution in [-0.4, -0.2) is 17.5 Å². The van der Waals surface area contributed by atoms with Crippen LogP contribution in [0.4, 0.5) is 11.4 Å². The SMILES string of the molecule is CCOC(=O)CC=Cc1cc(C)c([N+](=O)[O-])cc1N. The minimum atomic E-state index is -0.474. The number of nitrogens with zero attached hydrogens (tertiary/aromatic N) is 1. The van der Waals surface area contributed by atoms with Crippen LogP contribution < -0.4 is 5.73 Å². The molecule has 0 atom stereocenters. The van der Waals surface area contributed by atoms with Crippen LogP contribution in [0.15, 0.2) is 18.2 Å². The summed E-state index contributed by atoms with van der Waals surface area (Å²) in [6, 6.07) is 2.94. The number of nitro groups is 1. The van der Waals surface area contributed by atoms with Crippen LogP contribution in [-0.2, 0) is 9.53 Å². The Balaban J connectivity index is 2.85. The third-order valence-electron chi connectivity index (χ3n) is 2.49. The summed E-state index contributed by atoms with van der Waals surface area (Å²) in [5.74, 6) is -0.323. The van der Waals surface area contributed by atoms with Crippen LogP contribution in [0.5, 0.6) is 0 Å². The van der Waals surface area contributed by atoms with Crippen molar-refractivity contribution in [3.8, 4) is 0 Å². The van der Waals surface area contributed by atoms with E-state index in [1.807, 2.05) is 0 Å². The summed E-state index contributed by atoms with van der Waals surface area (Å²) >= 11 is 0. The molecule has 6 heteroatoms. The van der Waals surface area contributed by atoms with Gasteiger partial charge in [-0.05, 0) is 25.5 Å². The van der Waals surface area contributed by atoms with E-state index >= 15 is 0 Å². The Hall–Kier alpha value is -2.37. The lowest BCUT2D eigenvalue weighted by molar-refractivity contribution is -0.385. The van der Waals surface area contributed by atoms with Crippen molar-refractivity contribution in [1.29, 1.82) is 0 Å². The second-order valence-electron chi connectivity index (χ2n) is 3.94. The summed E-state index contributed by atoms with van der Waals surface area (Å²) in [6.07, 6.45) is 3.42. The quantitative estimate of drug-likeness (QED) is 0.381. The molecule has 0 aliphatic heterocycles. The lowest BCUT2D eigenvalue weighted by Gasteiger charge is -2.03. The van der Waals surface area contributed by atoms with Gasteiger partial charge in [-0.15, -0.1) is 0 Å². The van der Waals surface area contributed by atoms with E-state index in [0.717, 1.165) is 0 Å². The maximum Gasteiger partial charge on any atom is 0.309 e. The Morgan fingerprint density at radius 3 is 2.79 bits per heavy atom. The molecule has 0 fully saturated rings. The molecule has 0 saturated carbocycles. The third-order valence-corrected chi connectivity index (χ3v) is 2.49. The van der Waals surface area contributed by atoms with Crippen molar-refractivity contribution in [3.63, 3.8) is 0 Å². The number of hydrogen-bond donors (Lipinski definition) is 1. The number of carbonyl (C=O) groups is 1. The highest BCUT2D eigenvalue weighted by Crippen LogP contribution is 2.25. The number of nitro benzene ring substituents is 1. The summed E-state index contributed by atoms with van der Waals surface area (Å²) in [5, 5.41) is 10.7. The molecule has 0 aliphatic carbocycles. The fourth-order valence-electron chi connectivity index (χ4n) is 1.58. The average Bonchev–Trinajstić information content (AvgIpc) is 2.33. The third kappa shape index (κ3) is 4.09. The second-order valence-corrected chi connectivity index (χ2v) is 3.94. The molecule has 0 amide bonds. The summed E-state index contributed by atoms with van der Waals surface area (Å²) in [6.45, 7) is 3.71. The number of nitrogen functional groups attached to an aromatic ring is 1. The van der Waals surface area contributed by atoms with E-state index in [4.69, 9.17) is 10.5 Å². The molecule has 102 valence electrons. The van der Waals surface area contributed by atoms with E-state index in [1.165, 1.54) is 6.07 Å². The van der Waals surface area contributed by atoms with Gasteiger partial charge in [0, 0.05) is 17.3 Å². The predicted molar refractivity (Wildman–Crippen MR) is 72.5 cm³/mol. The largest absolute Gasteiger partial charge is 0.466 e. The molecule has 19 heavy (non-hydrogen) atoms. The molecule has 6 nitrogen and oxygen atoms in total. The zero-order valence-corrected chi connectivity index (χ0v) is 10.9. The summed E-state index contributed by atoms with van der Waals surface area (Å²) < 4.78 is 4.77. The van der Waals surface area contributed by atoms with Crippen LogP contribution in [0.2, 0.25) is 0 Å². The summed E-state index contributed by atoms with van der Waals surface area (Å²) in [5.41, 5.74) is 7.19. The molecular weight excluding hydrogens is 248 g/mol. The van der Waals surface area contributed by atoms with E-state index in [1.54, 1.807) is 32.1 Å². The van der Waals surface area contributed by atoms with Crippen molar-refractivity contribution >= 4 is 23.4 Å². The van der Waals surface area contributed by atoms with Gasteiger partial charge in [-0.1, -0.05) is 12.2 Å². The Labute approximate surface area is 111 Å².